The van der Waals surface area contributed by atoms with Crippen molar-refractivity contribution in [2.45, 2.75) is 35.4 Å². The van der Waals surface area contributed by atoms with Crippen LogP contribution in [-0.4, -0.2) is 46.2 Å². The molecular formula is C19H18BrF2N7OS2. The Hall–Kier alpha value is -2.25. The molecule has 0 saturated heterocycles. The van der Waals surface area contributed by atoms with Gasteiger partial charge in [0.1, 0.15) is 5.69 Å². The van der Waals surface area contributed by atoms with Gasteiger partial charge in [-0.25, -0.2) is 13.8 Å². The molecule has 0 fully saturated rings. The molecule has 1 atom stereocenters. The van der Waals surface area contributed by atoms with Gasteiger partial charge in [-0.3, -0.25) is 9.78 Å². The Morgan fingerprint density at radius 3 is 2.72 bits per heavy atom. The van der Waals surface area contributed by atoms with Gasteiger partial charge in [-0.15, -0.1) is 15.3 Å². The highest BCUT2D eigenvalue weighted by atomic mass is 79.9. The quantitative estimate of drug-likeness (QED) is 0.272. The summed E-state index contributed by atoms with van der Waals surface area (Å²) < 4.78 is 34.2. The lowest BCUT2D eigenvalue weighted by Gasteiger charge is -2.09. The van der Waals surface area contributed by atoms with E-state index in [1.54, 1.807) is 18.8 Å². The number of aryl methyl sites for hydroxylation is 1. The molecule has 1 aromatic carbocycles. The van der Waals surface area contributed by atoms with Gasteiger partial charge in [0.25, 0.3) is 17.5 Å². The van der Waals surface area contributed by atoms with Crippen molar-refractivity contribution in [3.63, 3.8) is 0 Å². The summed E-state index contributed by atoms with van der Waals surface area (Å²) in [6, 6.07) is 7.82. The molecule has 0 spiro atoms. The fourth-order valence-electron chi connectivity index (χ4n) is 2.79. The van der Waals surface area contributed by atoms with Crippen molar-refractivity contribution in [2.75, 3.05) is 5.75 Å². The average Bonchev–Trinajstić information content (AvgIpc) is 3.51. The zero-order chi connectivity index (χ0) is 22.7. The molecule has 8 nitrogen and oxygen atoms in total. The third-order valence-electron chi connectivity index (χ3n) is 4.40. The number of rotatable bonds is 9. The number of alkyl halides is 2. The molecule has 0 amide bonds. The van der Waals surface area contributed by atoms with Gasteiger partial charge in [0.05, 0.1) is 5.56 Å². The fraction of sp³-hybridized carbons (Fsp3) is 0.316. The predicted octanol–water partition coefficient (Wildman–Crippen LogP) is 5.62. The molecule has 1 N–H and O–H groups in total. The first-order chi connectivity index (χ1) is 15.4. The maximum Gasteiger partial charge on any atom is 0.282 e. The molecule has 3 aromatic heterocycles. The van der Waals surface area contributed by atoms with Crippen LogP contribution in [-0.2, 0) is 7.05 Å². The summed E-state index contributed by atoms with van der Waals surface area (Å²) in [6.07, 6.45) is -0.405. The van der Waals surface area contributed by atoms with Crippen LogP contribution in [0.3, 0.4) is 0 Å². The summed E-state index contributed by atoms with van der Waals surface area (Å²) >= 11 is 6.34. The molecule has 0 bridgehead atoms. The largest absolute Gasteiger partial charge is 0.411 e. The highest BCUT2D eigenvalue weighted by molar-refractivity contribution is 9.10. The van der Waals surface area contributed by atoms with Crippen molar-refractivity contribution in [2.24, 2.45) is 7.05 Å². The lowest BCUT2D eigenvalue weighted by molar-refractivity contribution is 0.145. The molecule has 32 heavy (non-hydrogen) atoms. The Kier molecular flexibility index (Phi) is 7.26. The van der Waals surface area contributed by atoms with E-state index in [2.05, 4.69) is 53.3 Å². The summed E-state index contributed by atoms with van der Waals surface area (Å²) in [5.41, 5.74) is 0.720. The van der Waals surface area contributed by atoms with Crippen molar-refractivity contribution in [1.82, 2.24) is 35.2 Å². The van der Waals surface area contributed by atoms with E-state index < -0.39 is 6.43 Å². The van der Waals surface area contributed by atoms with E-state index in [0.29, 0.717) is 22.0 Å². The molecule has 3 heterocycles. The van der Waals surface area contributed by atoms with Gasteiger partial charge in [-0.2, -0.15) is 5.10 Å². The van der Waals surface area contributed by atoms with Crippen LogP contribution in [0.25, 0.3) is 22.8 Å². The first-order valence-electron chi connectivity index (χ1n) is 9.56. The standard InChI is InChI=1S/C19H18BrF2N7OS2/c1-3-12(32-18-23-16(24-26-18)10-4-6-11(20)7-5-10)9-31-19-27-25-17(30-19)13-8-29(2)28-14(13)15(21)22/h4-8,12,15H,3,9H2,1-2H3,(H,23,24,26). The predicted molar refractivity (Wildman–Crippen MR) is 122 cm³/mol. The minimum absolute atomic E-state index is 0.0321. The maximum absolute atomic E-state index is 13.2. The Morgan fingerprint density at radius 1 is 1.22 bits per heavy atom. The van der Waals surface area contributed by atoms with Gasteiger partial charge in [0, 0.05) is 34.3 Å². The first-order valence-corrected chi connectivity index (χ1v) is 12.2. The molecule has 0 radical (unpaired) electrons. The molecule has 4 aromatic rings. The maximum atomic E-state index is 13.2. The third kappa shape index (κ3) is 5.38. The molecule has 168 valence electrons. The van der Waals surface area contributed by atoms with Gasteiger partial charge >= 0.3 is 0 Å². The number of hydrogen-bond donors (Lipinski definition) is 1. The Labute approximate surface area is 199 Å². The minimum Gasteiger partial charge on any atom is -0.411 e. The summed E-state index contributed by atoms with van der Waals surface area (Å²) in [5, 5.41) is 20.1. The van der Waals surface area contributed by atoms with E-state index in [-0.39, 0.29) is 22.4 Å². The monoisotopic (exact) mass is 541 g/mol. The summed E-state index contributed by atoms with van der Waals surface area (Å²) in [6.45, 7) is 2.07. The van der Waals surface area contributed by atoms with Crippen molar-refractivity contribution in [1.29, 1.82) is 0 Å². The van der Waals surface area contributed by atoms with E-state index in [1.807, 2.05) is 24.3 Å². The lowest BCUT2D eigenvalue weighted by Crippen LogP contribution is -2.04. The van der Waals surface area contributed by atoms with E-state index in [1.165, 1.54) is 22.6 Å². The fourth-order valence-corrected chi connectivity index (χ4v) is 5.04. The van der Waals surface area contributed by atoms with Crippen LogP contribution in [0.4, 0.5) is 8.78 Å². The molecule has 4 rings (SSSR count). The van der Waals surface area contributed by atoms with Gasteiger partial charge in [-0.1, -0.05) is 58.5 Å². The van der Waals surface area contributed by atoms with Crippen LogP contribution in [0.2, 0.25) is 0 Å². The number of halogens is 3. The van der Waals surface area contributed by atoms with Crippen molar-refractivity contribution in [3.8, 4) is 22.8 Å². The minimum atomic E-state index is -2.72. The number of thioether (sulfide) groups is 2. The van der Waals surface area contributed by atoms with Crippen LogP contribution in [0.1, 0.15) is 25.5 Å². The van der Waals surface area contributed by atoms with Crippen molar-refractivity contribution in [3.05, 3.63) is 40.6 Å². The Balaban J connectivity index is 1.38. The van der Waals surface area contributed by atoms with Crippen LogP contribution >= 0.6 is 39.5 Å². The van der Waals surface area contributed by atoms with E-state index in [9.17, 15) is 8.78 Å². The van der Waals surface area contributed by atoms with E-state index >= 15 is 0 Å². The van der Waals surface area contributed by atoms with Crippen molar-refractivity contribution < 1.29 is 13.2 Å². The molecule has 0 saturated carbocycles. The number of hydrogen-bond acceptors (Lipinski definition) is 8. The van der Waals surface area contributed by atoms with Gasteiger partial charge in [0.2, 0.25) is 5.16 Å². The highest BCUT2D eigenvalue weighted by Gasteiger charge is 2.23. The molecular weight excluding hydrogens is 524 g/mol. The van der Waals surface area contributed by atoms with Crippen LogP contribution in [0.15, 0.2) is 49.7 Å². The average molecular weight is 542 g/mol. The van der Waals surface area contributed by atoms with Gasteiger partial charge in [-0.05, 0) is 18.6 Å². The Bertz CT molecular complexity index is 1180. The molecule has 13 heteroatoms. The smallest absolute Gasteiger partial charge is 0.282 e. The number of nitrogens with zero attached hydrogens (tertiary/aromatic N) is 6. The zero-order valence-electron chi connectivity index (χ0n) is 17.0. The number of aromatic nitrogens is 7. The van der Waals surface area contributed by atoms with Gasteiger partial charge in [0.15, 0.2) is 5.82 Å². The third-order valence-corrected chi connectivity index (χ3v) is 7.35. The Morgan fingerprint density at radius 2 is 2.00 bits per heavy atom. The van der Waals surface area contributed by atoms with Crippen LogP contribution in [0.5, 0.6) is 0 Å². The van der Waals surface area contributed by atoms with Crippen molar-refractivity contribution >= 4 is 39.5 Å². The van der Waals surface area contributed by atoms with E-state index in [0.717, 1.165) is 16.5 Å². The second-order valence-electron chi connectivity index (χ2n) is 6.71. The number of nitrogens with one attached hydrogen (secondary N) is 1. The number of H-pyrrole nitrogens is 1. The lowest BCUT2D eigenvalue weighted by atomic mass is 10.2. The molecule has 0 aliphatic heterocycles. The first kappa shape index (κ1) is 22.9. The van der Waals surface area contributed by atoms with Crippen LogP contribution in [0, 0.1) is 0 Å². The topological polar surface area (TPSA) is 98.3 Å². The van der Waals surface area contributed by atoms with Crippen LogP contribution < -0.4 is 0 Å². The summed E-state index contributed by atoms with van der Waals surface area (Å²) in [7, 11) is 1.57. The summed E-state index contributed by atoms with van der Waals surface area (Å²) in [5.74, 6) is 1.40. The zero-order valence-corrected chi connectivity index (χ0v) is 20.2. The van der Waals surface area contributed by atoms with E-state index in [4.69, 9.17) is 4.42 Å². The highest BCUT2D eigenvalue weighted by Crippen LogP contribution is 2.33. The molecule has 0 aliphatic rings. The SMILES string of the molecule is CCC(CSc1nnc(-c2cn(C)nc2C(F)F)o1)Sc1n[nH]c(-c2ccc(Br)cc2)n1. The second kappa shape index (κ2) is 10.1. The normalized spacial score (nSPS) is 12.6. The second-order valence-corrected chi connectivity index (χ2v) is 9.86. The molecule has 1 unspecified atom stereocenters. The number of aromatic amines is 1. The summed E-state index contributed by atoms with van der Waals surface area (Å²) in [4.78, 5) is 4.57. The molecule has 0 aliphatic carbocycles. The van der Waals surface area contributed by atoms with Gasteiger partial charge < -0.3 is 4.42 Å². The number of benzene rings is 1.